The van der Waals surface area contributed by atoms with Gasteiger partial charge in [-0.1, -0.05) is 42.5 Å². The molecule has 200 valence electrons. The van der Waals surface area contributed by atoms with Crippen LogP contribution in [-0.2, 0) is 36.7 Å². The average molecular weight is 551 g/mol. The van der Waals surface area contributed by atoms with E-state index in [2.05, 4.69) is 17.1 Å². The molecule has 0 unspecified atom stereocenters. The van der Waals surface area contributed by atoms with Crippen molar-refractivity contribution in [1.29, 1.82) is 0 Å². The van der Waals surface area contributed by atoms with Gasteiger partial charge in [-0.25, -0.2) is 4.98 Å². The quantitative estimate of drug-likeness (QED) is 0.191. The van der Waals surface area contributed by atoms with E-state index in [4.69, 9.17) is 14.8 Å². The molecule has 0 atom stereocenters. The van der Waals surface area contributed by atoms with E-state index in [-0.39, 0.29) is 6.42 Å². The van der Waals surface area contributed by atoms with Gasteiger partial charge in [0, 0.05) is 34.0 Å². The van der Waals surface area contributed by atoms with Crippen molar-refractivity contribution in [3.05, 3.63) is 106 Å². The van der Waals surface area contributed by atoms with E-state index in [1.54, 1.807) is 6.20 Å². The predicted molar refractivity (Wildman–Crippen MR) is 145 cm³/mol. The number of halogens is 3. The summed E-state index contributed by atoms with van der Waals surface area (Å²) in [6.45, 7) is 0.372. The number of nitrogens with zero attached hydrogens (tertiary/aromatic N) is 1. The van der Waals surface area contributed by atoms with Crippen molar-refractivity contribution in [1.82, 2.24) is 9.97 Å². The summed E-state index contributed by atoms with van der Waals surface area (Å²) in [5, 5.41) is 10.6. The van der Waals surface area contributed by atoms with Crippen LogP contribution in [0, 0.1) is 0 Å². The molecule has 9 heteroatoms. The third kappa shape index (κ3) is 6.49. The molecule has 0 aliphatic rings. The Morgan fingerprint density at radius 1 is 0.974 bits per heavy atom. The molecule has 0 fully saturated rings. The lowest BCUT2D eigenvalue weighted by molar-refractivity contribution is -0.138. The first-order valence-corrected chi connectivity index (χ1v) is 13.2. The molecule has 3 aromatic carbocycles. The normalized spacial score (nSPS) is 11.7. The van der Waals surface area contributed by atoms with Crippen LogP contribution in [0.5, 0.6) is 5.75 Å². The Morgan fingerprint density at radius 2 is 1.74 bits per heavy atom. The lowest BCUT2D eigenvalue weighted by Gasteiger charge is -2.07. The molecule has 0 saturated carbocycles. The third-order valence-corrected chi connectivity index (χ3v) is 7.62. The Hall–Kier alpha value is -4.11. The van der Waals surface area contributed by atoms with Crippen molar-refractivity contribution >= 4 is 28.2 Å². The molecule has 5 nitrogen and oxygen atoms in total. The van der Waals surface area contributed by atoms with Crippen molar-refractivity contribution in [2.75, 3.05) is 6.61 Å². The number of benzene rings is 3. The van der Waals surface area contributed by atoms with Crippen LogP contribution >= 0.6 is 11.3 Å². The fraction of sp³-hybridized carbons (Fsp3) is 0.200. The summed E-state index contributed by atoms with van der Waals surface area (Å²) >= 11 is 1.47. The molecule has 0 bridgehead atoms. The second-order valence-corrected chi connectivity index (χ2v) is 10.2. The number of rotatable bonds is 10. The number of aryl methyl sites for hydroxylation is 2. The first-order valence-electron chi connectivity index (χ1n) is 12.4. The summed E-state index contributed by atoms with van der Waals surface area (Å²) in [4.78, 5) is 20.1. The molecule has 5 rings (SSSR count). The number of carbonyl (C=O) groups is 1. The molecule has 5 aromatic rings. The van der Waals surface area contributed by atoms with Crippen molar-refractivity contribution in [3.63, 3.8) is 0 Å². The summed E-state index contributed by atoms with van der Waals surface area (Å²) in [6, 6.07) is 20.7. The Bertz CT molecular complexity index is 1580. The van der Waals surface area contributed by atoms with E-state index in [0.29, 0.717) is 41.3 Å². The molecule has 0 saturated heterocycles. The van der Waals surface area contributed by atoms with Crippen LogP contribution in [0.1, 0.15) is 27.3 Å². The molecule has 2 heterocycles. The van der Waals surface area contributed by atoms with E-state index < -0.39 is 17.7 Å². The number of hydrogen-bond donors (Lipinski definition) is 2. The molecule has 0 aliphatic heterocycles. The smallest absolute Gasteiger partial charge is 0.416 e. The van der Waals surface area contributed by atoms with Crippen molar-refractivity contribution in [3.8, 4) is 16.3 Å². The predicted octanol–water partition coefficient (Wildman–Crippen LogP) is 7.34. The van der Waals surface area contributed by atoms with Gasteiger partial charge in [0.15, 0.2) is 0 Å². The van der Waals surface area contributed by atoms with Gasteiger partial charge < -0.3 is 14.8 Å². The van der Waals surface area contributed by atoms with Crippen LogP contribution in [0.2, 0.25) is 0 Å². The highest BCUT2D eigenvalue weighted by Crippen LogP contribution is 2.34. The number of fused-ring (bicyclic) bond motifs is 1. The number of aliphatic carboxylic acids is 1. The highest BCUT2D eigenvalue weighted by Gasteiger charge is 2.30. The summed E-state index contributed by atoms with van der Waals surface area (Å²) in [5.41, 5.74) is 3.57. The van der Waals surface area contributed by atoms with Crippen LogP contribution in [0.15, 0.2) is 79.0 Å². The highest BCUT2D eigenvalue weighted by molar-refractivity contribution is 7.15. The molecular weight excluding hydrogens is 525 g/mol. The standard InChI is InChI=1S/C30H25F3N2O3S/c31-30(32,33)22-9-7-20(8-10-22)29-35-26(12-6-19-4-2-1-3-5-19)27(39-29)14-15-38-23-11-13-25-24(17-23)21(18-34-25)16-28(36)37/h1-5,7-11,13,17-18,34H,6,12,14-16H2,(H,36,37). The maximum absolute atomic E-state index is 13.0. The summed E-state index contributed by atoms with van der Waals surface area (Å²) in [6.07, 6.45) is -0.701. The molecule has 39 heavy (non-hydrogen) atoms. The molecule has 2 N–H and O–H groups in total. The molecule has 0 aliphatic carbocycles. The van der Waals surface area contributed by atoms with E-state index in [1.165, 1.54) is 29.0 Å². The number of hydrogen-bond acceptors (Lipinski definition) is 4. The Balaban J connectivity index is 1.33. The zero-order valence-electron chi connectivity index (χ0n) is 20.8. The monoisotopic (exact) mass is 550 g/mol. The zero-order valence-corrected chi connectivity index (χ0v) is 21.6. The number of alkyl halides is 3. The molecule has 0 spiro atoms. The minimum Gasteiger partial charge on any atom is -0.493 e. The van der Waals surface area contributed by atoms with E-state index >= 15 is 0 Å². The number of thiazole rings is 1. The second-order valence-electron chi connectivity index (χ2n) is 9.14. The summed E-state index contributed by atoms with van der Waals surface area (Å²) in [7, 11) is 0. The Morgan fingerprint density at radius 3 is 2.46 bits per heavy atom. The van der Waals surface area contributed by atoms with Gasteiger partial charge in [-0.05, 0) is 54.3 Å². The van der Waals surface area contributed by atoms with Crippen molar-refractivity contribution in [2.24, 2.45) is 0 Å². The van der Waals surface area contributed by atoms with Gasteiger partial charge in [-0.3, -0.25) is 4.79 Å². The lowest BCUT2D eigenvalue weighted by Crippen LogP contribution is -2.04. The number of ether oxygens (including phenoxy) is 1. The first kappa shape index (κ1) is 26.5. The number of aromatic nitrogens is 2. The minimum absolute atomic E-state index is 0.0815. The number of carboxylic acid groups (broad SMARTS) is 1. The second kappa shape index (κ2) is 11.3. The topological polar surface area (TPSA) is 75.2 Å². The molecule has 0 radical (unpaired) electrons. The van der Waals surface area contributed by atoms with Crippen molar-refractivity contribution < 1.29 is 27.8 Å². The average Bonchev–Trinajstić information content (AvgIpc) is 3.51. The number of aromatic amines is 1. The molecule has 2 aromatic heterocycles. The lowest BCUT2D eigenvalue weighted by atomic mass is 10.1. The summed E-state index contributed by atoms with van der Waals surface area (Å²) in [5.74, 6) is -0.272. The first-order chi connectivity index (χ1) is 18.8. The van der Waals surface area contributed by atoms with Crippen LogP contribution < -0.4 is 4.74 Å². The van der Waals surface area contributed by atoms with Gasteiger partial charge >= 0.3 is 12.1 Å². The van der Waals surface area contributed by atoms with Gasteiger partial charge in [-0.15, -0.1) is 11.3 Å². The molecular formula is C30H25F3N2O3S. The maximum Gasteiger partial charge on any atom is 0.416 e. The Labute approximate surface area is 226 Å². The Kier molecular flexibility index (Phi) is 7.70. The van der Waals surface area contributed by atoms with Crippen LogP contribution in [0.25, 0.3) is 21.5 Å². The van der Waals surface area contributed by atoms with Crippen LogP contribution in [-0.4, -0.2) is 27.7 Å². The zero-order chi connectivity index (χ0) is 27.4. The van der Waals surface area contributed by atoms with Gasteiger partial charge in [0.05, 0.1) is 24.3 Å². The van der Waals surface area contributed by atoms with E-state index in [9.17, 15) is 18.0 Å². The largest absolute Gasteiger partial charge is 0.493 e. The fourth-order valence-corrected chi connectivity index (χ4v) is 5.52. The van der Waals surface area contributed by atoms with Gasteiger partial charge in [0.25, 0.3) is 0 Å². The van der Waals surface area contributed by atoms with Crippen LogP contribution in [0.4, 0.5) is 13.2 Å². The SMILES string of the molecule is O=C(O)Cc1c[nH]c2ccc(OCCc3sc(-c4ccc(C(F)(F)F)cc4)nc3CCc3ccccc3)cc12. The third-order valence-electron chi connectivity index (χ3n) is 6.41. The van der Waals surface area contributed by atoms with Gasteiger partial charge in [0.1, 0.15) is 10.8 Å². The van der Waals surface area contributed by atoms with Gasteiger partial charge in [0.2, 0.25) is 0 Å². The molecule has 0 amide bonds. The van der Waals surface area contributed by atoms with E-state index in [1.807, 2.05) is 36.4 Å². The van der Waals surface area contributed by atoms with Crippen molar-refractivity contribution in [2.45, 2.75) is 31.9 Å². The highest BCUT2D eigenvalue weighted by atomic mass is 32.1. The van der Waals surface area contributed by atoms with E-state index in [0.717, 1.165) is 40.0 Å². The fourth-order valence-electron chi connectivity index (χ4n) is 4.42. The number of carboxylic acids is 1. The number of nitrogens with one attached hydrogen (secondary N) is 1. The van der Waals surface area contributed by atoms with Crippen LogP contribution in [0.3, 0.4) is 0 Å². The van der Waals surface area contributed by atoms with Gasteiger partial charge in [-0.2, -0.15) is 13.2 Å². The summed E-state index contributed by atoms with van der Waals surface area (Å²) < 4.78 is 45.1. The number of H-pyrrole nitrogens is 1. The minimum atomic E-state index is -4.39. The maximum atomic E-state index is 13.0.